The SMILES string of the molecule is O=c1c(Br)cc(Br)cn1Cc1ccc2ncccc2c1. The molecule has 5 heteroatoms. The zero-order chi connectivity index (χ0) is 14.1. The van der Waals surface area contributed by atoms with Gasteiger partial charge in [-0.05, 0) is 61.7 Å². The minimum absolute atomic E-state index is 0.0421. The predicted octanol–water partition coefficient (Wildman–Crippen LogP) is 3.97. The van der Waals surface area contributed by atoms with E-state index in [1.165, 1.54) is 0 Å². The van der Waals surface area contributed by atoms with Gasteiger partial charge in [-0.2, -0.15) is 0 Å². The van der Waals surface area contributed by atoms with Crippen molar-refractivity contribution in [3.05, 3.63) is 73.7 Å². The summed E-state index contributed by atoms with van der Waals surface area (Å²) in [5, 5.41) is 1.08. The molecule has 100 valence electrons. The maximum atomic E-state index is 12.1. The largest absolute Gasteiger partial charge is 0.309 e. The average molecular weight is 394 g/mol. The second-order valence-corrected chi connectivity index (χ2v) is 6.24. The fraction of sp³-hybridized carbons (Fsp3) is 0.0667. The van der Waals surface area contributed by atoms with E-state index >= 15 is 0 Å². The lowest BCUT2D eigenvalue weighted by Crippen LogP contribution is -2.20. The molecule has 0 radical (unpaired) electrons. The third-order valence-electron chi connectivity index (χ3n) is 3.03. The summed E-state index contributed by atoms with van der Waals surface area (Å²) in [4.78, 5) is 16.4. The second kappa shape index (κ2) is 5.50. The molecule has 0 aliphatic carbocycles. The Morgan fingerprint density at radius 1 is 1.15 bits per heavy atom. The van der Waals surface area contributed by atoms with Gasteiger partial charge < -0.3 is 4.57 Å². The molecule has 0 fully saturated rings. The highest BCUT2D eigenvalue weighted by molar-refractivity contribution is 9.11. The van der Waals surface area contributed by atoms with Gasteiger partial charge in [0.2, 0.25) is 0 Å². The molecule has 0 N–H and O–H groups in total. The molecule has 0 amide bonds. The summed E-state index contributed by atoms with van der Waals surface area (Å²) in [5.41, 5.74) is 1.98. The fourth-order valence-corrected chi connectivity index (χ4v) is 3.36. The summed E-state index contributed by atoms with van der Waals surface area (Å²) in [6.45, 7) is 0.529. The monoisotopic (exact) mass is 392 g/mol. The van der Waals surface area contributed by atoms with Crippen LogP contribution in [0.25, 0.3) is 10.9 Å². The van der Waals surface area contributed by atoms with Gasteiger partial charge in [0.1, 0.15) is 0 Å². The van der Waals surface area contributed by atoms with Gasteiger partial charge in [-0.25, -0.2) is 0 Å². The Bertz CT molecular complexity index is 843. The molecule has 0 aliphatic heterocycles. The molecule has 2 heterocycles. The molecule has 0 spiro atoms. The Balaban J connectivity index is 2.03. The van der Waals surface area contributed by atoms with Crippen LogP contribution < -0.4 is 5.56 Å². The van der Waals surface area contributed by atoms with Gasteiger partial charge in [-0.3, -0.25) is 9.78 Å². The van der Waals surface area contributed by atoms with Crippen LogP contribution in [0.3, 0.4) is 0 Å². The van der Waals surface area contributed by atoms with Gasteiger partial charge in [0.25, 0.3) is 5.56 Å². The summed E-state index contributed by atoms with van der Waals surface area (Å²) >= 11 is 6.68. The minimum Gasteiger partial charge on any atom is -0.309 e. The molecule has 2 aromatic heterocycles. The summed E-state index contributed by atoms with van der Waals surface area (Å²) < 4.78 is 3.09. The van der Waals surface area contributed by atoms with Crippen LogP contribution in [-0.2, 0) is 6.54 Å². The number of aromatic nitrogens is 2. The van der Waals surface area contributed by atoms with Crippen LogP contribution in [0.2, 0.25) is 0 Å². The van der Waals surface area contributed by atoms with Gasteiger partial charge in [-0.1, -0.05) is 12.1 Å². The van der Waals surface area contributed by atoms with Gasteiger partial charge in [0.05, 0.1) is 16.5 Å². The predicted molar refractivity (Wildman–Crippen MR) is 86.9 cm³/mol. The lowest BCUT2D eigenvalue weighted by atomic mass is 10.1. The zero-order valence-corrected chi connectivity index (χ0v) is 13.6. The number of rotatable bonds is 2. The van der Waals surface area contributed by atoms with E-state index in [9.17, 15) is 4.79 Å². The molecule has 20 heavy (non-hydrogen) atoms. The fourth-order valence-electron chi connectivity index (χ4n) is 2.10. The normalized spacial score (nSPS) is 10.9. The van der Waals surface area contributed by atoms with E-state index in [1.807, 2.05) is 24.3 Å². The van der Waals surface area contributed by atoms with Crippen molar-refractivity contribution in [3.63, 3.8) is 0 Å². The number of hydrogen-bond acceptors (Lipinski definition) is 2. The van der Waals surface area contributed by atoms with Gasteiger partial charge in [-0.15, -0.1) is 0 Å². The van der Waals surface area contributed by atoms with Crippen LogP contribution in [-0.4, -0.2) is 9.55 Å². The van der Waals surface area contributed by atoms with Crippen molar-refractivity contribution in [1.29, 1.82) is 0 Å². The van der Waals surface area contributed by atoms with E-state index in [4.69, 9.17) is 0 Å². The van der Waals surface area contributed by atoms with Crippen molar-refractivity contribution >= 4 is 42.8 Å². The van der Waals surface area contributed by atoms with E-state index in [0.29, 0.717) is 11.0 Å². The summed E-state index contributed by atoms with van der Waals surface area (Å²) in [7, 11) is 0. The van der Waals surface area contributed by atoms with Crippen molar-refractivity contribution < 1.29 is 0 Å². The highest BCUT2D eigenvalue weighted by Crippen LogP contribution is 2.16. The topological polar surface area (TPSA) is 34.9 Å². The molecule has 1 aromatic carbocycles. The van der Waals surface area contributed by atoms with E-state index in [-0.39, 0.29) is 5.56 Å². The lowest BCUT2D eigenvalue weighted by molar-refractivity contribution is 0.752. The van der Waals surface area contributed by atoms with Crippen LogP contribution in [0.15, 0.2) is 62.5 Å². The second-order valence-electron chi connectivity index (χ2n) is 4.47. The summed E-state index contributed by atoms with van der Waals surface area (Å²) in [5.74, 6) is 0. The molecule has 0 saturated heterocycles. The first-order valence-corrected chi connectivity index (χ1v) is 7.61. The summed E-state index contributed by atoms with van der Waals surface area (Å²) in [6.07, 6.45) is 3.57. The van der Waals surface area contributed by atoms with Crippen molar-refractivity contribution in [1.82, 2.24) is 9.55 Å². The van der Waals surface area contributed by atoms with Gasteiger partial charge in [0, 0.05) is 22.3 Å². The molecule has 0 saturated carbocycles. The average Bonchev–Trinajstić information content (AvgIpc) is 2.44. The highest BCUT2D eigenvalue weighted by Gasteiger charge is 2.05. The Morgan fingerprint density at radius 2 is 2.00 bits per heavy atom. The molecule has 3 aromatic rings. The Hall–Kier alpha value is -1.46. The van der Waals surface area contributed by atoms with Crippen molar-refractivity contribution in [2.24, 2.45) is 0 Å². The number of fused-ring (bicyclic) bond motifs is 1. The van der Waals surface area contributed by atoms with E-state index in [1.54, 1.807) is 23.0 Å². The third-order valence-corrected chi connectivity index (χ3v) is 4.03. The zero-order valence-electron chi connectivity index (χ0n) is 10.4. The van der Waals surface area contributed by atoms with E-state index in [0.717, 1.165) is 20.9 Å². The number of halogens is 2. The molecule has 0 atom stereocenters. The summed E-state index contributed by atoms with van der Waals surface area (Å²) in [6, 6.07) is 11.7. The Kier molecular flexibility index (Phi) is 3.72. The van der Waals surface area contributed by atoms with Crippen LogP contribution >= 0.6 is 31.9 Å². The first-order chi connectivity index (χ1) is 9.63. The highest BCUT2D eigenvalue weighted by atomic mass is 79.9. The molecular weight excluding hydrogens is 384 g/mol. The lowest BCUT2D eigenvalue weighted by Gasteiger charge is -2.08. The molecule has 3 rings (SSSR count). The first kappa shape index (κ1) is 13.5. The number of pyridine rings is 2. The van der Waals surface area contributed by atoms with Crippen LogP contribution in [0, 0.1) is 0 Å². The van der Waals surface area contributed by atoms with Crippen LogP contribution in [0.4, 0.5) is 0 Å². The molecule has 0 unspecified atom stereocenters. The standard InChI is InChI=1S/C15H10Br2N2O/c16-12-7-13(17)15(20)19(9-12)8-10-3-4-14-11(6-10)2-1-5-18-14/h1-7,9H,8H2. The molecular formula is C15H10Br2N2O. The molecule has 0 aliphatic rings. The maximum absolute atomic E-state index is 12.1. The van der Waals surface area contributed by atoms with E-state index in [2.05, 4.69) is 42.9 Å². The number of hydrogen-bond donors (Lipinski definition) is 0. The molecule has 0 bridgehead atoms. The first-order valence-electron chi connectivity index (χ1n) is 6.02. The minimum atomic E-state index is -0.0421. The molecule has 3 nitrogen and oxygen atoms in total. The van der Waals surface area contributed by atoms with E-state index < -0.39 is 0 Å². The van der Waals surface area contributed by atoms with Gasteiger partial charge >= 0.3 is 0 Å². The number of benzene rings is 1. The smallest absolute Gasteiger partial charge is 0.265 e. The maximum Gasteiger partial charge on any atom is 0.265 e. The Morgan fingerprint density at radius 3 is 2.85 bits per heavy atom. The van der Waals surface area contributed by atoms with Crippen LogP contribution in [0.1, 0.15) is 5.56 Å². The van der Waals surface area contributed by atoms with Crippen LogP contribution in [0.5, 0.6) is 0 Å². The quantitative estimate of drug-likeness (QED) is 0.660. The number of nitrogens with zero attached hydrogens (tertiary/aromatic N) is 2. The van der Waals surface area contributed by atoms with Gasteiger partial charge in [0.15, 0.2) is 0 Å². The van der Waals surface area contributed by atoms with Crippen molar-refractivity contribution in [2.45, 2.75) is 6.54 Å². The third kappa shape index (κ3) is 2.69. The van der Waals surface area contributed by atoms with Crippen molar-refractivity contribution in [2.75, 3.05) is 0 Å². The Labute approximate surface area is 132 Å². The van der Waals surface area contributed by atoms with Crippen molar-refractivity contribution in [3.8, 4) is 0 Å².